The number of carbonyl (C=O) groups is 3. The average Bonchev–Trinajstić information content (AvgIpc) is 2.72. The standard InChI is InChI=1S/C12H17NO7/c1-6-13-9(4-11(16)20-13)12(19-8(3)15)10(18-6)5-17-7(2)14/h6,9-10,12H,4-5H2,1-3H3/t6-,9-,10+,12+/m0/s1. The van der Waals surface area contributed by atoms with Crippen molar-refractivity contribution in [3.63, 3.8) is 0 Å². The van der Waals surface area contributed by atoms with Crippen LogP contribution >= 0.6 is 0 Å². The van der Waals surface area contributed by atoms with E-state index in [0.717, 1.165) is 0 Å². The summed E-state index contributed by atoms with van der Waals surface area (Å²) in [6.45, 7) is 4.21. The Morgan fingerprint density at radius 2 is 2.05 bits per heavy atom. The molecular weight excluding hydrogens is 270 g/mol. The minimum absolute atomic E-state index is 0.0455. The number of fused-ring (bicyclic) bond motifs is 1. The summed E-state index contributed by atoms with van der Waals surface area (Å²) in [5.74, 6) is -1.36. The van der Waals surface area contributed by atoms with E-state index in [0.29, 0.717) is 0 Å². The molecule has 0 saturated carbocycles. The quantitative estimate of drug-likeness (QED) is 0.657. The van der Waals surface area contributed by atoms with Crippen molar-refractivity contribution in [2.75, 3.05) is 6.61 Å². The van der Waals surface area contributed by atoms with Crippen LogP contribution in [0.1, 0.15) is 27.2 Å². The van der Waals surface area contributed by atoms with Crippen molar-refractivity contribution in [2.45, 2.75) is 51.7 Å². The lowest BCUT2D eigenvalue weighted by Crippen LogP contribution is -2.59. The first kappa shape index (κ1) is 14.7. The highest BCUT2D eigenvalue weighted by molar-refractivity contribution is 5.72. The van der Waals surface area contributed by atoms with Crippen LogP contribution in [0, 0.1) is 0 Å². The number of ether oxygens (including phenoxy) is 3. The third-order valence-electron chi connectivity index (χ3n) is 3.14. The molecule has 2 rings (SSSR count). The molecule has 0 unspecified atom stereocenters. The first-order chi connectivity index (χ1) is 9.38. The Bertz CT molecular complexity index is 424. The minimum Gasteiger partial charge on any atom is -0.463 e. The van der Waals surface area contributed by atoms with Gasteiger partial charge in [-0.25, -0.2) is 0 Å². The van der Waals surface area contributed by atoms with E-state index in [1.165, 1.54) is 18.9 Å². The zero-order valence-corrected chi connectivity index (χ0v) is 11.5. The third kappa shape index (κ3) is 3.07. The maximum Gasteiger partial charge on any atom is 0.327 e. The molecule has 0 aromatic rings. The first-order valence-electron chi connectivity index (χ1n) is 6.33. The Balaban J connectivity index is 2.14. The molecule has 8 nitrogen and oxygen atoms in total. The first-order valence-corrected chi connectivity index (χ1v) is 6.33. The molecule has 2 heterocycles. The van der Waals surface area contributed by atoms with Crippen molar-refractivity contribution in [3.8, 4) is 0 Å². The molecule has 2 aliphatic rings. The van der Waals surface area contributed by atoms with Crippen LogP contribution in [0.15, 0.2) is 0 Å². The van der Waals surface area contributed by atoms with Crippen LogP contribution in [0.5, 0.6) is 0 Å². The average molecular weight is 287 g/mol. The fourth-order valence-corrected chi connectivity index (χ4v) is 2.41. The molecule has 0 spiro atoms. The van der Waals surface area contributed by atoms with Crippen molar-refractivity contribution in [1.29, 1.82) is 0 Å². The summed E-state index contributed by atoms with van der Waals surface area (Å²) in [4.78, 5) is 38.6. The second-order valence-electron chi connectivity index (χ2n) is 4.75. The number of hydroxylamine groups is 2. The number of hydrogen-bond donors (Lipinski definition) is 0. The zero-order valence-electron chi connectivity index (χ0n) is 11.5. The molecule has 0 aliphatic carbocycles. The Hall–Kier alpha value is -1.67. The van der Waals surface area contributed by atoms with Gasteiger partial charge in [-0.2, -0.15) is 0 Å². The van der Waals surface area contributed by atoms with Gasteiger partial charge in [-0.15, -0.1) is 5.06 Å². The lowest BCUT2D eigenvalue weighted by atomic mass is 10.0. The maximum absolute atomic E-state index is 11.4. The van der Waals surface area contributed by atoms with Crippen molar-refractivity contribution in [2.24, 2.45) is 0 Å². The van der Waals surface area contributed by atoms with Gasteiger partial charge in [0, 0.05) is 13.8 Å². The van der Waals surface area contributed by atoms with Crippen LogP contribution in [0.4, 0.5) is 0 Å². The third-order valence-corrected chi connectivity index (χ3v) is 3.14. The lowest BCUT2D eigenvalue weighted by Gasteiger charge is -2.41. The largest absolute Gasteiger partial charge is 0.463 e. The summed E-state index contributed by atoms with van der Waals surface area (Å²) in [6.07, 6.45) is -1.76. The van der Waals surface area contributed by atoms with Crippen LogP contribution < -0.4 is 0 Å². The molecule has 0 radical (unpaired) electrons. The zero-order chi connectivity index (χ0) is 14.9. The maximum atomic E-state index is 11.4. The van der Waals surface area contributed by atoms with E-state index < -0.39 is 42.4 Å². The van der Waals surface area contributed by atoms with Gasteiger partial charge in [0.2, 0.25) is 0 Å². The van der Waals surface area contributed by atoms with Crippen molar-refractivity contribution in [3.05, 3.63) is 0 Å². The van der Waals surface area contributed by atoms with E-state index >= 15 is 0 Å². The highest BCUT2D eigenvalue weighted by Crippen LogP contribution is 2.32. The number of carbonyl (C=O) groups excluding carboxylic acids is 3. The molecule has 112 valence electrons. The molecule has 0 aromatic heterocycles. The van der Waals surface area contributed by atoms with Gasteiger partial charge < -0.3 is 19.0 Å². The summed E-state index contributed by atoms with van der Waals surface area (Å²) < 4.78 is 15.7. The van der Waals surface area contributed by atoms with Crippen molar-refractivity contribution >= 4 is 17.9 Å². The summed E-state index contributed by atoms with van der Waals surface area (Å²) in [6, 6.07) is -0.435. The molecule has 8 heteroatoms. The van der Waals surface area contributed by atoms with Crippen molar-refractivity contribution < 1.29 is 33.4 Å². The van der Waals surface area contributed by atoms with Gasteiger partial charge in [0.25, 0.3) is 0 Å². The molecule has 2 fully saturated rings. The van der Waals surface area contributed by atoms with Gasteiger partial charge in [-0.05, 0) is 6.92 Å². The van der Waals surface area contributed by atoms with Crippen LogP contribution in [0.25, 0.3) is 0 Å². The van der Waals surface area contributed by atoms with Crippen LogP contribution in [-0.4, -0.2) is 54.1 Å². The number of esters is 2. The van der Waals surface area contributed by atoms with Gasteiger partial charge in [0.05, 0.1) is 12.5 Å². The van der Waals surface area contributed by atoms with Gasteiger partial charge in [-0.3, -0.25) is 14.4 Å². The molecule has 2 aliphatic heterocycles. The highest BCUT2D eigenvalue weighted by Gasteiger charge is 2.51. The van der Waals surface area contributed by atoms with Gasteiger partial charge in [-0.1, -0.05) is 0 Å². The SMILES string of the molecule is CC(=O)OC[C@H]1O[C@@H](C)N2OC(=O)C[C@H]2[C@H]1OC(C)=O. The molecule has 20 heavy (non-hydrogen) atoms. The molecule has 4 atom stereocenters. The predicted molar refractivity (Wildman–Crippen MR) is 62.9 cm³/mol. The summed E-state index contributed by atoms with van der Waals surface area (Å²) >= 11 is 0. The highest BCUT2D eigenvalue weighted by atomic mass is 16.8. The molecule has 0 N–H and O–H groups in total. The Labute approximate surface area is 115 Å². The second-order valence-corrected chi connectivity index (χ2v) is 4.75. The summed E-state index contributed by atoms with van der Waals surface area (Å²) in [5, 5.41) is 1.38. The lowest BCUT2D eigenvalue weighted by molar-refractivity contribution is -0.299. The molecule has 2 saturated heterocycles. The molecule has 0 amide bonds. The van der Waals surface area contributed by atoms with E-state index in [9.17, 15) is 14.4 Å². The van der Waals surface area contributed by atoms with Gasteiger partial charge >= 0.3 is 17.9 Å². The fourth-order valence-electron chi connectivity index (χ4n) is 2.41. The van der Waals surface area contributed by atoms with Crippen molar-refractivity contribution in [1.82, 2.24) is 5.06 Å². The Morgan fingerprint density at radius 3 is 2.65 bits per heavy atom. The van der Waals surface area contributed by atoms with Gasteiger partial charge in [0.1, 0.15) is 18.9 Å². The topological polar surface area (TPSA) is 91.4 Å². The number of hydrogen-bond acceptors (Lipinski definition) is 8. The van der Waals surface area contributed by atoms with Gasteiger partial charge in [0.15, 0.2) is 6.10 Å². The normalized spacial score (nSPS) is 33.2. The van der Waals surface area contributed by atoms with E-state index in [4.69, 9.17) is 19.0 Å². The monoisotopic (exact) mass is 287 g/mol. The number of rotatable bonds is 3. The summed E-state index contributed by atoms with van der Waals surface area (Å²) in [7, 11) is 0. The summed E-state index contributed by atoms with van der Waals surface area (Å²) in [5.41, 5.74) is 0. The minimum atomic E-state index is -0.727. The van der Waals surface area contributed by atoms with E-state index in [-0.39, 0.29) is 13.0 Å². The van der Waals surface area contributed by atoms with Crippen LogP contribution in [0.3, 0.4) is 0 Å². The molecule has 0 aromatic carbocycles. The fraction of sp³-hybridized carbons (Fsp3) is 0.750. The number of nitrogens with zero attached hydrogens (tertiary/aromatic N) is 1. The molecule has 0 bridgehead atoms. The Morgan fingerprint density at radius 1 is 1.35 bits per heavy atom. The van der Waals surface area contributed by atoms with Crippen LogP contribution in [0.2, 0.25) is 0 Å². The predicted octanol–water partition coefficient (Wildman–Crippen LogP) is -0.242. The van der Waals surface area contributed by atoms with E-state index in [1.54, 1.807) is 6.92 Å². The molecular formula is C12H17NO7. The van der Waals surface area contributed by atoms with E-state index in [1.807, 2.05) is 0 Å². The van der Waals surface area contributed by atoms with Crippen LogP contribution in [-0.2, 0) is 33.4 Å². The van der Waals surface area contributed by atoms with E-state index in [2.05, 4.69) is 0 Å². The smallest absolute Gasteiger partial charge is 0.327 e. The second kappa shape index (κ2) is 5.76. The Kier molecular flexibility index (Phi) is 4.24.